The van der Waals surface area contributed by atoms with E-state index in [0.29, 0.717) is 0 Å². The lowest BCUT2D eigenvalue weighted by Gasteiger charge is -2.23. The minimum Gasteiger partial charge on any atom is -0.481 e. The van der Waals surface area contributed by atoms with Crippen LogP contribution in [-0.2, 0) is 9.59 Å². The highest BCUT2D eigenvalue weighted by Gasteiger charge is 2.28. The van der Waals surface area contributed by atoms with Crippen LogP contribution in [0.5, 0.6) is 0 Å². The maximum atomic E-state index is 12.0. The molecule has 1 fully saturated rings. The minimum absolute atomic E-state index is 0.00280. The molecule has 0 radical (unpaired) electrons. The molecule has 0 saturated carbocycles. The van der Waals surface area contributed by atoms with E-state index in [1.807, 2.05) is 29.3 Å². The zero-order valence-corrected chi connectivity index (χ0v) is 12.4. The second kappa shape index (κ2) is 6.85. The van der Waals surface area contributed by atoms with E-state index in [-0.39, 0.29) is 31.0 Å². The van der Waals surface area contributed by atoms with Gasteiger partial charge in [0.1, 0.15) is 0 Å². The Morgan fingerprint density at radius 1 is 1.60 bits per heavy atom. The Morgan fingerprint density at radius 3 is 3.05 bits per heavy atom. The summed E-state index contributed by atoms with van der Waals surface area (Å²) in [4.78, 5) is 25.9. The Bertz CT molecular complexity index is 461. The van der Waals surface area contributed by atoms with Crippen LogP contribution in [0.3, 0.4) is 0 Å². The highest BCUT2D eigenvalue weighted by Crippen LogP contribution is 2.21. The molecule has 110 valence electrons. The van der Waals surface area contributed by atoms with Crippen molar-refractivity contribution in [3.8, 4) is 0 Å². The van der Waals surface area contributed by atoms with Gasteiger partial charge in [-0.2, -0.15) is 0 Å². The van der Waals surface area contributed by atoms with Gasteiger partial charge in [-0.05, 0) is 37.8 Å². The Hall–Kier alpha value is -1.40. The molecule has 0 spiro atoms. The number of rotatable bonds is 6. The summed E-state index contributed by atoms with van der Waals surface area (Å²) in [5.41, 5.74) is 0. The number of hydrogen-bond donors (Lipinski definition) is 2. The molecule has 2 heterocycles. The van der Waals surface area contributed by atoms with Crippen LogP contribution < -0.4 is 5.32 Å². The second-order valence-corrected chi connectivity index (χ2v) is 6.15. The molecule has 2 atom stereocenters. The molecule has 1 saturated heterocycles. The van der Waals surface area contributed by atoms with Gasteiger partial charge in [0.05, 0.1) is 19.0 Å². The van der Waals surface area contributed by atoms with E-state index >= 15 is 0 Å². The number of aliphatic carboxylic acids is 1. The lowest BCUT2D eigenvalue weighted by molar-refractivity contribution is -0.138. The van der Waals surface area contributed by atoms with Crippen molar-refractivity contribution in [2.24, 2.45) is 0 Å². The van der Waals surface area contributed by atoms with Crippen molar-refractivity contribution >= 4 is 23.2 Å². The van der Waals surface area contributed by atoms with E-state index in [0.717, 1.165) is 24.3 Å². The number of likely N-dealkylation sites (tertiary alicyclic amines) is 1. The number of hydrogen-bond acceptors (Lipinski definition) is 4. The second-order valence-electron chi connectivity index (χ2n) is 5.17. The van der Waals surface area contributed by atoms with Crippen molar-refractivity contribution in [2.45, 2.75) is 38.3 Å². The van der Waals surface area contributed by atoms with Crippen molar-refractivity contribution in [1.82, 2.24) is 10.2 Å². The van der Waals surface area contributed by atoms with Crippen molar-refractivity contribution in [1.29, 1.82) is 0 Å². The Kier molecular flexibility index (Phi) is 5.14. The molecule has 2 rings (SSSR count). The molecule has 1 aliphatic heterocycles. The maximum absolute atomic E-state index is 12.0. The normalized spacial score (nSPS) is 20.8. The molecule has 2 unspecified atom stereocenters. The zero-order chi connectivity index (χ0) is 14.5. The fourth-order valence-electron chi connectivity index (χ4n) is 2.62. The van der Waals surface area contributed by atoms with Crippen molar-refractivity contribution < 1.29 is 14.7 Å². The largest absolute Gasteiger partial charge is 0.481 e. The summed E-state index contributed by atoms with van der Waals surface area (Å²) < 4.78 is 0. The molecule has 5 nitrogen and oxygen atoms in total. The van der Waals surface area contributed by atoms with Gasteiger partial charge in [0, 0.05) is 10.9 Å². The number of amides is 1. The zero-order valence-electron chi connectivity index (χ0n) is 11.5. The molecule has 2 N–H and O–H groups in total. The maximum Gasteiger partial charge on any atom is 0.304 e. The van der Waals surface area contributed by atoms with Crippen LogP contribution in [-0.4, -0.2) is 41.0 Å². The minimum atomic E-state index is -0.797. The number of thiophene rings is 1. The Morgan fingerprint density at radius 2 is 2.40 bits per heavy atom. The fraction of sp³-hybridized carbons (Fsp3) is 0.571. The molecule has 1 aromatic heterocycles. The first kappa shape index (κ1) is 15.0. The van der Waals surface area contributed by atoms with Gasteiger partial charge in [-0.25, -0.2) is 0 Å². The molecule has 0 bridgehead atoms. The third-order valence-electron chi connectivity index (χ3n) is 3.60. The van der Waals surface area contributed by atoms with Crippen molar-refractivity contribution in [3.05, 3.63) is 22.4 Å². The van der Waals surface area contributed by atoms with Gasteiger partial charge in [-0.3, -0.25) is 14.5 Å². The first-order valence-corrected chi connectivity index (χ1v) is 7.73. The number of carboxylic acids is 1. The monoisotopic (exact) mass is 296 g/mol. The first-order valence-electron chi connectivity index (χ1n) is 6.85. The summed E-state index contributed by atoms with van der Waals surface area (Å²) in [6.07, 6.45) is 1.94. The third-order valence-corrected chi connectivity index (χ3v) is 4.66. The van der Waals surface area contributed by atoms with Crippen molar-refractivity contribution in [2.75, 3.05) is 13.1 Å². The Labute approximate surface area is 122 Å². The molecule has 1 aliphatic rings. The lowest BCUT2D eigenvalue weighted by Crippen LogP contribution is -2.41. The van der Waals surface area contributed by atoms with E-state index in [1.165, 1.54) is 0 Å². The molecular weight excluding hydrogens is 276 g/mol. The average molecular weight is 296 g/mol. The number of nitrogens with zero attached hydrogens (tertiary/aromatic N) is 1. The number of carbonyl (C=O) groups is 2. The molecule has 0 aromatic carbocycles. The van der Waals surface area contributed by atoms with E-state index in [4.69, 9.17) is 5.11 Å². The quantitative estimate of drug-likeness (QED) is 0.841. The lowest BCUT2D eigenvalue weighted by atomic mass is 10.1. The van der Waals surface area contributed by atoms with Crippen LogP contribution in [0.25, 0.3) is 0 Å². The predicted octanol–water partition coefficient (Wildman–Crippen LogP) is 1.86. The van der Waals surface area contributed by atoms with Gasteiger partial charge in [0.2, 0.25) is 5.91 Å². The molecule has 6 heteroatoms. The number of nitrogens with one attached hydrogen (secondary N) is 1. The Balaban J connectivity index is 1.83. The highest BCUT2D eigenvalue weighted by molar-refractivity contribution is 7.10. The van der Waals surface area contributed by atoms with E-state index in [1.54, 1.807) is 11.3 Å². The van der Waals surface area contributed by atoms with Gasteiger partial charge >= 0.3 is 5.97 Å². The third kappa shape index (κ3) is 4.05. The molecular formula is C14H20N2O3S. The van der Waals surface area contributed by atoms with Crippen molar-refractivity contribution in [3.63, 3.8) is 0 Å². The van der Waals surface area contributed by atoms with Gasteiger partial charge in [-0.15, -0.1) is 11.3 Å². The van der Waals surface area contributed by atoms with E-state index in [2.05, 4.69) is 5.32 Å². The summed E-state index contributed by atoms with van der Waals surface area (Å²) in [7, 11) is 0. The molecule has 1 aromatic rings. The topological polar surface area (TPSA) is 69.6 Å². The van der Waals surface area contributed by atoms with Crippen LogP contribution in [0, 0.1) is 0 Å². The molecule has 20 heavy (non-hydrogen) atoms. The summed E-state index contributed by atoms with van der Waals surface area (Å²) >= 11 is 1.62. The van der Waals surface area contributed by atoms with Crippen LogP contribution in [0.1, 0.15) is 37.1 Å². The van der Waals surface area contributed by atoms with Gasteiger partial charge in [0.15, 0.2) is 0 Å². The summed E-state index contributed by atoms with van der Waals surface area (Å²) in [5.74, 6) is -0.836. The smallest absolute Gasteiger partial charge is 0.304 e. The van der Waals surface area contributed by atoms with Crippen LogP contribution in [0.15, 0.2) is 17.5 Å². The standard InChI is InChI=1S/C14H20N2O3S/c1-10(12-5-3-7-20-12)15-13(17)9-16-6-2-4-11(16)8-14(18)19/h3,5,7,10-11H,2,4,6,8-9H2,1H3,(H,15,17)(H,18,19). The van der Waals surface area contributed by atoms with E-state index in [9.17, 15) is 9.59 Å². The SMILES string of the molecule is CC(NC(=O)CN1CCCC1CC(=O)O)c1cccs1. The predicted molar refractivity (Wildman–Crippen MR) is 77.7 cm³/mol. The van der Waals surface area contributed by atoms with Gasteiger partial charge in [-0.1, -0.05) is 6.07 Å². The summed E-state index contributed by atoms with van der Waals surface area (Å²) in [5, 5.41) is 13.8. The van der Waals surface area contributed by atoms with Gasteiger partial charge in [0.25, 0.3) is 0 Å². The van der Waals surface area contributed by atoms with Gasteiger partial charge < -0.3 is 10.4 Å². The number of carbonyl (C=O) groups excluding carboxylic acids is 1. The van der Waals surface area contributed by atoms with Crippen LogP contribution >= 0.6 is 11.3 Å². The molecule has 1 amide bonds. The number of carboxylic acid groups (broad SMARTS) is 1. The fourth-order valence-corrected chi connectivity index (χ4v) is 3.35. The van der Waals surface area contributed by atoms with E-state index < -0.39 is 5.97 Å². The highest BCUT2D eigenvalue weighted by atomic mass is 32.1. The summed E-state index contributed by atoms with van der Waals surface area (Å²) in [6.45, 7) is 3.05. The van der Waals surface area contributed by atoms with Crippen LogP contribution in [0.4, 0.5) is 0 Å². The van der Waals surface area contributed by atoms with Crippen LogP contribution in [0.2, 0.25) is 0 Å². The molecule has 0 aliphatic carbocycles. The first-order chi connectivity index (χ1) is 9.56. The summed E-state index contributed by atoms with van der Waals surface area (Å²) in [6, 6.07) is 3.96. The average Bonchev–Trinajstić information content (AvgIpc) is 3.00.